The fourth-order valence-corrected chi connectivity index (χ4v) is 5.10. The zero-order chi connectivity index (χ0) is 21.0. The van der Waals surface area contributed by atoms with Gasteiger partial charge in [0.1, 0.15) is 16.4 Å². The zero-order valence-corrected chi connectivity index (χ0v) is 17.4. The Kier molecular flexibility index (Phi) is 6.54. The molecule has 2 aromatic rings. The molecule has 2 heterocycles. The number of aromatic nitrogens is 1. The molecule has 3 rings (SSSR count). The van der Waals surface area contributed by atoms with Gasteiger partial charge in [-0.3, -0.25) is 4.79 Å². The maximum Gasteiger partial charge on any atom is 0.271 e. The lowest BCUT2D eigenvalue weighted by atomic mass is 10.2. The van der Waals surface area contributed by atoms with Crippen molar-refractivity contribution in [1.82, 2.24) is 13.8 Å². The number of aryl methyl sites for hydroxylation is 1. The SMILES string of the molecule is C=CCN(Cc1ccccc1F)C(=O)c1cc(S(=O)(=O)N2CCCCC2)cn1C. The van der Waals surface area contributed by atoms with E-state index in [1.165, 1.54) is 32.1 Å². The topological polar surface area (TPSA) is 62.6 Å². The van der Waals surface area contributed by atoms with Crippen molar-refractivity contribution in [3.05, 3.63) is 66.3 Å². The molecule has 29 heavy (non-hydrogen) atoms. The van der Waals surface area contributed by atoms with E-state index >= 15 is 0 Å². The lowest BCUT2D eigenvalue weighted by Gasteiger charge is -2.25. The van der Waals surface area contributed by atoms with Gasteiger partial charge in [-0.15, -0.1) is 6.58 Å². The maximum absolute atomic E-state index is 14.0. The van der Waals surface area contributed by atoms with Gasteiger partial charge in [0, 0.05) is 45.0 Å². The normalized spacial score (nSPS) is 15.2. The molecule has 0 aliphatic carbocycles. The lowest BCUT2D eigenvalue weighted by molar-refractivity contribution is 0.0751. The zero-order valence-electron chi connectivity index (χ0n) is 16.6. The molecule has 1 aromatic carbocycles. The smallest absolute Gasteiger partial charge is 0.271 e. The predicted molar refractivity (Wildman–Crippen MR) is 109 cm³/mol. The molecule has 0 atom stereocenters. The minimum Gasteiger partial charge on any atom is -0.345 e. The summed E-state index contributed by atoms with van der Waals surface area (Å²) in [7, 11) is -2.00. The van der Waals surface area contributed by atoms with Crippen LogP contribution < -0.4 is 0 Å². The van der Waals surface area contributed by atoms with Gasteiger partial charge < -0.3 is 9.47 Å². The van der Waals surface area contributed by atoms with Crippen molar-refractivity contribution < 1.29 is 17.6 Å². The molecule has 1 aromatic heterocycles. The number of nitrogens with zero attached hydrogens (tertiary/aromatic N) is 3. The molecule has 1 amide bonds. The standard InChI is InChI=1S/C21H26FN3O3S/c1-3-11-24(15-17-9-5-6-10-19(17)22)21(26)20-14-18(16-23(20)2)29(27,28)25-12-7-4-8-13-25/h3,5-6,9-10,14,16H,1,4,7-8,11-13,15H2,2H3. The molecular formula is C21H26FN3O3S. The third-order valence-electron chi connectivity index (χ3n) is 5.11. The van der Waals surface area contributed by atoms with Crippen LogP contribution in [0.25, 0.3) is 0 Å². The molecule has 1 saturated heterocycles. The highest BCUT2D eigenvalue weighted by Crippen LogP contribution is 2.23. The van der Waals surface area contributed by atoms with Gasteiger partial charge in [0.25, 0.3) is 5.91 Å². The fraction of sp³-hybridized carbons (Fsp3) is 0.381. The second-order valence-corrected chi connectivity index (χ2v) is 9.14. The van der Waals surface area contributed by atoms with Crippen LogP contribution in [0.3, 0.4) is 0 Å². The number of hydrogen-bond donors (Lipinski definition) is 0. The quantitative estimate of drug-likeness (QED) is 0.648. The number of carbonyl (C=O) groups excluding carboxylic acids is 1. The minimum absolute atomic E-state index is 0.0664. The average molecular weight is 420 g/mol. The summed E-state index contributed by atoms with van der Waals surface area (Å²) < 4.78 is 42.9. The second-order valence-electron chi connectivity index (χ2n) is 7.20. The highest BCUT2D eigenvalue weighted by Gasteiger charge is 2.29. The Balaban J connectivity index is 1.87. The van der Waals surface area contributed by atoms with Crippen molar-refractivity contribution in [2.24, 2.45) is 7.05 Å². The minimum atomic E-state index is -3.64. The third-order valence-corrected chi connectivity index (χ3v) is 6.97. The first kappa shape index (κ1) is 21.3. The van der Waals surface area contributed by atoms with Gasteiger partial charge in [-0.1, -0.05) is 30.7 Å². The average Bonchev–Trinajstić information content (AvgIpc) is 3.12. The van der Waals surface area contributed by atoms with Crippen LogP contribution in [0, 0.1) is 5.82 Å². The molecule has 1 aliphatic heterocycles. The molecule has 1 aliphatic rings. The van der Waals surface area contributed by atoms with Crippen LogP contribution in [0.2, 0.25) is 0 Å². The van der Waals surface area contributed by atoms with E-state index in [-0.39, 0.29) is 29.6 Å². The van der Waals surface area contributed by atoms with Crippen LogP contribution in [0.5, 0.6) is 0 Å². The number of piperidine rings is 1. The monoisotopic (exact) mass is 419 g/mol. The maximum atomic E-state index is 14.0. The van der Waals surface area contributed by atoms with E-state index in [4.69, 9.17) is 0 Å². The lowest BCUT2D eigenvalue weighted by Crippen LogP contribution is -2.35. The number of benzene rings is 1. The van der Waals surface area contributed by atoms with Crippen LogP contribution in [0.1, 0.15) is 35.3 Å². The highest BCUT2D eigenvalue weighted by atomic mass is 32.2. The van der Waals surface area contributed by atoms with E-state index in [2.05, 4.69) is 6.58 Å². The Morgan fingerprint density at radius 2 is 1.93 bits per heavy atom. The van der Waals surface area contributed by atoms with Crippen LogP contribution in [0.15, 0.2) is 54.1 Å². The summed E-state index contributed by atoms with van der Waals surface area (Å²) in [4.78, 5) is 14.7. The van der Waals surface area contributed by atoms with Crippen molar-refractivity contribution in [2.45, 2.75) is 30.7 Å². The first-order valence-electron chi connectivity index (χ1n) is 9.64. The summed E-state index contributed by atoms with van der Waals surface area (Å²) in [5, 5.41) is 0. The molecule has 0 bridgehead atoms. The molecule has 6 nitrogen and oxygen atoms in total. The van der Waals surface area contributed by atoms with Crippen molar-refractivity contribution in [1.29, 1.82) is 0 Å². The van der Waals surface area contributed by atoms with Gasteiger partial charge in [0.2, 0.25) is 10.0 Å². The van der Waals surface area contributed by atoms with Gasteiger partial charge in [0.15, 0.2) is 0 Å². The van der Waals surface area contributed by atoms with E-state index in [0.717, 1.165) is 19.3 Å². The summed E-state index contributed by atoms with van der Waals surface area (Å²) in [6.07, 6.45) is 5.73. The summed E-state index contributed by atoms with van der Waals surface area (Å²) in [6.45, 7) is 4.95. The Morgan fingerprint density at radius 3 is 2.59 bits per heavy atom. The third kappa shape index (κ3) is 4.59. The molecule has 0 saturated carbocycles. The number of carbonyl (C=O) groups is 1. The Labute approximate surface area is 171 Å². The first-order valence-corrected chi connectivity index (χ1v) is 11.1. The molecule has 1 fully saturated rings. The van der Waals surface area contributed by atoms with Crippen LogP contribution >= 0.6 is 0 Å². The summed E-state index contributed by atoms with van der Waals surface area (Å²) in [5.74, 6) is -0.773. The fourth-order valence-electron chi connectivity index (χ4n) is 3.51. The largest absolute Gasteiger partial charge is 0.345 e. The van der Waals surface area contributed by atoms with Crippen LogP contribution in [-0.2, 0) is 23.6 Å². The second kappa shape index (κ2) is 8.92. The molecular weight excluding hydrogens is 393 g/mol. The predicted octanol–water partition coefficient (Wildman–Crippen LogP) is 3.17. The van der Waals surface area contributed by atoms with Crippen LogP contribution in [-0.4, -0.2) is 47.7 Å². The number of amides is 1. The summed E-state index contributed by atoms with van der Waals surface area (Å²) in [6, 6.07) is 7.67. The van der Waals surface area contributed by atoms with E-state index < -0.39 is 15.8 Å². The number of rotatable bonds is 7. The van der Waals surface area contributed by atoms with E-state index in [1.54, 1.807) is 31.3 Å². The van der Waals surface area contributed by atoms with Crippen molar-refractivity contribution in [3.8, 4) is 0 Å². The molecule has 0 radical (unpaired) electrons. The van der Waals surface area contributed by atoms with E-state index in [1.807, 2.05) is 0 Å². The molecule has 0 spiro atoms. The molecule has 0 unspecified atom stereocenters. The van der Waals surface area contributed by atoms with Crippen molar-refractivity contribution in [2.75, 3.05) is 19.6 Å². The van der Waals surface area contributed by atoms with E-state index in [0.29, 0.717) is 18.7 Å². The number of hydrogen-bond acceptors (Lipinski definition) is 3. The van der Waals surface area contributed by atoms with Gasteiger partial charge in [0.05, 0.1) is 0 Å². The Bertz CT molecular complexity index is 994. The van der Waals surface area contributed by atoms with Crippen molar-refractivity contribution in [3.63, 3.8) is 0 Å². The molecule has 156 valence electrons. The number of sulfonamides is 1. The molecule has 8 heteroatoms. The highest BCUT2D eigenvalue weighted by molar-refractivity contribution is 7.89. The van der Waals surface area contributed by atoms with Gasteiger partial charge in [-0.2, -0.15) is 4.31 Å². The molecule has 0 N–H and O–H groups in total. The Hall–Kier alpha value is -2.45. The van der Waals surface area contributed by atoms with E-state index in [9.17, 15) is 17.6 Å². The van der Waals surface area contributed by atoms with Gasteiger partial charge >= 0.3 is 0 Å². The summed E-state index contributed by atoms with van der Waals surface area (Å²) in [5.41, 5.74) is 0.622. The summed E-state index contributed by atoms with van der Waals surface area (Å²) >= 11 is 0. The van der Waals surface area contributed by atoms with Crippen LogP contribution in [0.4, 0.5) is 4.39 Å². The van der Waals surface area contributed by atoms with Gasteiger partial charge in [-0.05, 0) is 25.0 Å². The first-order chi connectivity index (χ1) is 13.8. The number of halogens is 1. The Morgan fingerprint density at radius 1 is 1.24 bits per heavy atom. The van der Waals surface area contributed by atoms with Gasteiger partial charge in [-0.25, -0.2) is 12.8 Å². The van der Waals surface area contributed by atoms with Crippen molar-refractivity contribution >= 4 is 15.9 Å².